The van der Waals surface area contributed by atoms with E-state index in [1.807, 2.05) is 6.92 Å². The lowest BCUT2D eigenvalue weighted by molar-refractivity contribution is -0.0358. The van der Waals surface area contributed by atoms with Gasteiger partial charge < -0.3 is 4.84 Å². The molecule has 2 heteroatoms. The molecular weight excluding hydrogens is 174 g/mol. The standard InChI is InChI=1S/C12H25NO/c1-3-5-9-12(13-14-4-2)10-7-6-8-11-12/h13H,3-11H2,1-2H3. The molecule has 1 fully saturated rings. The Morgan fingerprint density at radius 1 is 1.14 bits per heavy atom. The minimum atomic E-state index is 0.310. The summed E-state index contributed by atoms with van der Waals surface area (Å²) in [6.07, 6.45) is 10.6. The molecule has 0 saturated heterocycles. The van der Waals surface area contributed by atoms with Gasteiger partial charge in [0, 0.05) is 5.54 Å². The van der Waals surface area contributed by atoms with E-state index in [9.17, 15) is 0 Å². The van der Waals surface area contributed by atoms with Crippen molar-refractivity contribution in [3.63, 3.8) is 0 Å². The monoisotopic (exact) mass is 199 g/mol. The molecule has 0 aliphatic heterocycles. The predicted molar refractivity (Wildman–Crippen MR) is 60.1 cm³/mol. The summed E-state index contributed by atoms with van der Waals surface area (Å²) in [5.74, 6) is 0. The van der Waals surface area contributed by atoms with Gasteiger partial charge in [0.15, 0.2) is 0 Å². The second kappa shape index (κ2) is 6.41. The molecule has 1 N–H and O–H groups in total. The molecule has 0 radical (unpaired) electrons. The highest BCUT2D eigenvalue weighted by molar-refractivity contribution is 4.87. The molecule has 0 atom stereocenters. The van der Waals surface area contributed by atoms with Gasteiger partial charge in [-0.2, -0.15) is 5.48 Å². The second-order valence-corrected chi connectivity index (χ2v) is 4.48. The highest BCUT2D eigenvalue weighted by Crippen LogP contribution is 2.32. The zero-order valence-electron chi connectivity index (χ0n) is 9.77. The van der Waals surface area contributed by atoms with Crippen LogP contribution in [0.2, 0.25) is 0 Å². The zero-order chi connectivity index (χ0) is 10.3. The highest BCUT2D eigenvalue weighted by Gasteiger charge is 2.31. The Morgan fingerprint density at radius 3 is 2.43 bits per heavy atom. The molecule has 84 valence electrons. The van der Waals surface area contributed by atoms with Crippen molar-refractivity contribution in [3.05, 3.63) is 0 Å². The van der Waals surface area contributed by atoms with Crippen molar-refractivity contribution in [2.75, 3.05) is 6.61 Å². The van der Waals surface area contributed by atoms with Gasteiger partial charge in [-0.05, 0) is 26.2 Å². The van der Waals surface area contributed by atoms with Crippen LogP contribution in [-0.4, -0.2) is 12.1 Å². The van der Waals surface area contributed by atoms with Crippen LogP contribution in [-0.2, 0) is 4.84 Å². The lowest BCUT2D eigenvalue weighted by Crippen LogP contribution is -2.46. The van der Waals surface area contributed by atoms with E-state index in [-0.39, 0.29) is 0 Å². The average molecular weight is 199 g/mol. The van der Waals surface area contributed by atoms with Gasteiger partial charge in [0.2, 0.25) is 0 Å². The smallest absolute Gasteiger partial charge is 0.0654 e. The molecule has 2 nitrogen and oxygen atoms in total. The van der Waals surface area contributed by atoms with Crippen LogP contribution in [0.3, 0.4) is 0 Å². The van der Waals surface area contributed by atoms with Crippen LogP contribution in [0.5, 0.6) is 0 Å². The van der Waals surface area contributed by atoms with E-state index < -0.39 is 0 Å². The van der Waals surface area contributed by atoms with E-state index in [1.54, 1.807) is 0 Å². The van der Waals surface area contributed by atoms with E-state index in [0.717, 1.165) is 6.61 Å². The number of unbranched alkanes of at least 4 members (excludes halogenated alkanes) is 1. The quantitative estimate of drug-likeness (QED) is 0.662. The van der Waals surface area contributed by atoms with Crippen molar-refractivity contribution in [1.82, 2.24) is 5.48 Å². The van der Waals surface area contributed by atoms with Gasteiger partial charge in [0.05, 0.1) is 6.61 Å². The predicted octanol–water partition coefficient (Wildman–Crippen LogP) is 3.42. The molecule has 0 aromatic rings. The fraction of sp³-hybridized carbons (Fsp3) is 1.00. The van der Waals surface area contributed by atoms with E-state index in [0.29, 0.717) is 5.54 Å². The third-order valence-electron chi connectivity index (χ3n) is 3.25. The Labute approximate surface area is 88.4 Å². The molecule has 1 aliphatic rings. The summed E-state index contributed by atoms with van der Waals surface area (Å²) in [7, 11) is 0. The van der Waals surface area contributed by atoms with Crippen LogP contribution < -0.4 is 5.48 Å². The van der Waals surface area contributed by atoms with E-state index in [4.69, 9.17) is 4.84 Å². The van der Waals surface area contributed by atoms with Crippen molar-refractivity contribution in [2.24, 2.45) is 0 Å². The first-order chi connectivity index (χ1) is 6.83. The van der Waals surface area contributed by atoms with E-state index in [1.165, 1.54) is 51.4 Å². The van der Waals surface area contributed by atoms with Gasteiger partial charge in [0.1, 0.15) is 0 Å². The van der Waals surface area contributed by atoms with Crippen molar-refractivity contribution in [2.45, 2.75) is 70.8 Å². The van der Waals surface area contributed by atoms with Crippen molar-refractivity contribution in [3.8, 4) is 0 Å². The summed E-state index contributed by atoms with van der Waals surface area (Å²) in [5, 5.41) is 0. The minimum Gasteiger partial charge on any atom is -0.302 e. The largest absolute Gasteiger partial charge is 0.302 e. The minimum absolute atomic E-state index is 0.310. The van der Waals surface area contributed by atoms with Crippen molar-refractivity contribution < 1.29 is 4.84 Å². The molecule has 0 amide bonds. The summed E-state index contributed by atoms with van der Waals surface area (Å²) in [4.78, 5) is 5.42. The van der Waals surface area contributed by atoms with E-state index >= 15 is 0 Å². The molecule has 0 aromatic heterocycles. The third kappa shape index (κ3) is 3.58. The fourth-order valence-corrected chi connectivity index (χ4v) is 2.37. The van der Waals surface area contributed by atoms with Gasteiger partial charge >= 0.3 is 0 Å². The van der Waals surface area contributed by atoms with Crippen LogP contribution in [0.25, 0.3) is 0 Å². The molecule has 1 rings (SSSR count). The van der Waals surface area contributed by atoms with Gasteiger partial charge in [0.25, 0.3) is 0 Å². The molecule has 1 saturated carbocycles. The summed E-state index contributed by atoms with van der Waals surface area (Å²) in [6, 6.07) is 0. The van der Waals surface area contributed by atoms with Crippen LogP contribution in [0, 0.1) is 0 Å². The van der Waals surface area contributed by atoms with Gasteiger partial charge in [-0.15, -0.1) is 0 Å². The molecule has 0 unspecified atom stereocenters. The lowest BCUT2D eigenvalue weighted by atomic mass is 9.79. The SMILES string of the molecule is CCCCC1(NOCC)CCCCC1. The van der Waals surface area contributed by atoms with Gasteiger partial charge in [-0.3, -0.25) is 0 Å². The molecule has 0 heterocycles. The maximum atomic E-state index is 5.42. The van der Waals surface area contributed by atoms with Crippen LogP contribution >= 0.6 is 0 Å². The molecule has 14 heavy (non-hydrogen) atoms. The molecule has 0 bridgehead atoms. The van der Waals surface area contributed by atoms with Gasteiger partial charge in [-0.1, -0.05) is 39.0 Å². The Morgan fingerprint density at radius 2 is 1.86 bits per heavy atom. The summed E-state index contributed by atoms with van der Waals surface area (Å²) >= 11 is 0. The molecule has 0 spiro atoms. The first kappa shape index (κ1) is 12.0. The average Bonchev–Trinajstić information content (AvgIpc) is 2.25. The summed E-state index contributed by atoms with van der Waals surface area (Å²) in [6.45, 7) is 5.08. The number of nitrogens with one attached hydrogen (secondary N) is 1. The maximum absolute atomic E-state index is 5.42. The zero-order valence-corrected chi connectivity index (χ0v) is 9.77. The Bertz CT molecular complexity index is 131. The number of hydroxylamine groups is 1. The highest BCUT2D eigenvalue weighted by atomic mass is 16.6. The number of hydrogen-bond acceptors (Lipinski definition) is 2. The lowest BCUT2D eigenvalue weighted by Gasteiger charge is -2.37. The number of hydrogen-bond donors (Lipinski definition) is 1. The molecule has 1 aliphatic carbocycles. The second-order valence-electron chi connectivity index (χ2n) is 4.48. The fourth-order valence-electron chi connectivity index (χ4n) is 2.37. The topological polar surface area (TPSA) is 21.3 Å². The first-order valence-corrected chi connectivity index (χ1v) is 6.22. The Hall–Kier alpha value is -0.0800. The molecular formula is C12H25NO. The Balaban J connectivity index is 2.39. The van der Waals surface area contributed by atoms with Crippen LogP contribution in [0.4, 0.5) is 0 Å². The van der Waals surface area contributed by atoms with E-state index in [2.05, 4.69) is 12.4 Å². The summed E-state index contributed by atoms with van der Waals surface area (Å²) < 4.78 is 0. The van der Waals surface area contributed by atoms with Gasteiger partial charge in [-0.25, -0.2) is 0 Å². The first-order valence-electron chi connectivity index (χ1n) is 6.22. The number of rotatable bonds is 6. The molecule has 0 aromatic carbocycles. The normalized spacial score (nSPS) is 21.0. The van der Waals surface area contributed by atoms with Crippen molar-refractivity contribution in [1.29, 1.82) is 0 Å². The van der Waals surface area contributed by atoms with Crippen LogP contribution in [0.1, 0.15) is 65.2 Å². The third-order valence-corrected chi connectivity index (χ3v) is 3.25. The maximum Gasteiger partial charge on any atom is 0.0654 e. The van der Waals surface area contributed by atoms with Crippen molar-refractivity contribution >= 4 is 0 Å². The summed E-state index contributed by atoms with van der Waals surface area (Å²) in [5.41, 5.74) is 3.63. The Kier molecular flexibility index (Phi) is 5.49. The van der Waals surface area contributed by atoms with Crippen LogP contribution in [0.15, 0.2) is 0 Å².